The number of aromatic nitrogens is 4. The van der Waals surface area contributed by atoms with Crippen LogP contribution in [0.15, 0.2) is 46.6 Å². The maximum Gasteiger partial charge on any atom is 0.256 e. The van der Waals surface area contributed by atoms with Crippen LogP contribution in [0.1, 0.15) is 0 Å². The van der Waals surface area contributed by atoms with Crippen LogP contribution >= 0.6 is 11.8 Å². The van der Waals surface area contributed by atoms with E-state index < -0.39 is 0 Å². The molecule has 0 unspecified atom stereocenters. The van der Waals surface area contributed by atoms with Crippen molar-refractivity contribution in [3.05, 3.63) is 36.9 Å². The fourth-order valence-corrected chi connectivity index (χ4v) is 2.25. The Morgan fingerprint density at radius 3 is 3.06 bits per heavy atom. The third kappa shape index (κ3) is 2.31. The Hall–Kier alpha value is -1.82. The highest BCUT2D eigenvalue weighted by molar-refractivity contribution is 7.99. The number of thioether (sulfide) groups is 1. The first-order valence-corrected chi connectivity index (χ1v) is 6.21. The third-order valence-corrected chi connectivity index (χ3v) is 3.10. The standard InChI is InChI=1S/C11H10N4OS/c1-2-4-10-9(3-1)14-11(16-10)17-6-5-15-8-12-7-13-15/h1-4,7-8H,5-6H2. The first-order chi connectivity index (χ1) is 8.42. The Morgan fingerprint density at radius 2 is 2.24 bits per heavy atom. The van der Waals surface area contributed by atoms with Crippen LogP contribution in [0.2, 0.25) is 0 Å². The lowest BCUT2D eigenvalue weighted by Gasteiger charge is -1.96. The monoisotopic (exact) mass is 246 g/mol. The molecule has 0 amide bonds. The van der Waals surface area contributed by atoms with Crippen molar-refractivity contribution in [3.63, 3.8) is 0 Å². The van der Waals surface area contributed by atoms with E-state index in [2.05, 4.69) is 15.1 Å². The Labute approximate surface area is 102 Å². The van der Waals surface area contributed by atoms with Crippen molar-refractivity contribution in [1.82, 2.24) is 19.7 Å². The summed E-state index contributed by atoms with van der Waals surface area (Å²) in [6.07, 6.45) is 3.23. The van der Waals surface area contributed by atoms with Crippen LogP contribution in [0.5, 0.6) is 0 Å². The van der Waals surface area contributed by atoms with E-state index in [1.165, 1.54) is 6.33 Å². The average molecular weight is 246 g/mol. The number of hydrogen-bond acceptors (Lipinski definition) is 5. The van der Waals surface area contributed by atoms with Crippen molar-refractivity contribution < 1.29 is 4.42 Å². The molecule has 0 fully saturated rings. The predicted molar refractivity (Wildman–Crippen MR) is 64.8 cm³/mol. The van der Waals surface area contributed by atoms with E-state index in [1.807, 2.05) is 24.3 Å². The molecule has 0 saturated heterocycles. The Kier molecular flexibility index (Phi) is 2.79. The zero-order valence-electron chi connectivity index (χ0n) is 8.98. The number of aryl methyl sites for hydroxylation is 1. The van der Waals surface area contributed by atoms with E-state index >= 15 is 0 Å². The first-order valence-electron chi connectivity index (χ1n) is 5.22. The van der Waals surface area contributed by atoms with Gasteiger partial charge in [-0.1, -0.05) is 23.9 Å². The molecule has 0 bridgehead atoms. The zero-order chi connectivity index (χ0) is 11.5. The summed E-state index contributed by atoms with van der Waals surface area (Å²) < 4.78 is 7.38. The van der Waals surface area contributed by atoms with Crippen LogP contribution < -0.4 is 0 Å². The van der Waals surface area contributed by atoms with Gasteiger partial charge in [-0.2, -0.15) is 5.10 Å². The summed E-state index contributed by atoms with van der Waals surface area (Å²) in [5.41, 5.74) is 1.73. The normalized spacial score (nSPS) is 11.1. The number of nitrogens with zero attached hydrogens (tertiary/aromatic N) is 4. The van der Waals surface area contributed by atoms with E-state index in [0.717, 1.165) is 23.4 Å². The summed E-state index contributed by atoms with van der Waals surface area (Å²) in [6.45, 7) is 0.795. The van der Waals surface area contributed by atoms with Crippen LogP contribution in [0.3, 0.4) is 0 Å². The summed E-state index contributed by atoms with van der Waals surface area (Å²) >= 11 is 1.58. The zero-order valence-corrected chi connectivity index (χ0v) is 9.80. The minimum Gasteiger partial charge on any atom is -0.431 e. The Morgan fingerprint density at radius 1 is 1.29 bits per heavy atom. The van der Waals surface area contributed by atoms with E-state index in [4.69, 9.17) is 4.42 Å². The molecular weight excluding hydrogens is 236 g/mol. The lowest BCUT2D eigenvalue weighted by atomic mass is 10.3. The van der Waals surface area contributed by atoms with Gasteiger partial charge in [0.05, 0.1) is 6.54 Å². The number of fused-ring (bicyclic) bond motifs is 1. The second-order valence-electron chi connectivity index (χ2n) is 3.45. The molecule has 6 heteroatoms. The number of oxazole rings is 1. The van der Waals surface area contributed by atoms with Crippen molar-refractivity contribution in [2.75, 3.05) is 5.75 Å². The molecule has 0 atom stereocenters. The Balaban J connectivity index is 1.65. The molecule has 2 aromatic heterocycles. The quantitative estimate of drug-likeness (QED) is 0.661. The number of benzene rings is 1. The van der Waals surface area contributed by atoms with Gasteiger partial charge in [0.2, 0.25) is 0 Å². The van der Waals surface area contributed by atoms with E-state index in [0.29, 0.717) is 5.22 Å². The highest BCUT2D eigenvalue weighted by Gasteiger charge is 2.05. The van der Waals surface area contributed by atoms with Gasteiger partial charge in [0.25, 0.3) is 5.22 Å². The lowest BCUT2D eigenvalue weighted by molar-refractivity contribution is 0.489. The third-order valence-electron chi connectivity index (χ3n) is 2.29. The smallest absolute Gasteiger partial charge is 0.256 e. The van der Waals surface area contributed by atoms with E-state index in [-0.39, 0.29) is 0 Å². The largest absolute Gasteiger partial charge is 0.431 e. The molecule has 2 heterocycles. The van der Waals surface area contributed by atoms with Gasteiger partial charge in [-0.25, -0.2) is 9.97 Å². The van der Waals surface area contributed by atoms with Crippen molar-refractivity contribution >= 4 is 22.9 Å². The molecule has 0 radical (unpaired) electrons. The van der Waals surface area contributed by atoms with Crippen molar-refractivity contribution in [2.45, 2.75) is 11.8 Å². The van der Waals surface area contributed by atoms with Gasteiger partial charge in [-0.15, -0.1) is 0 Å². The molecule has 0 saturated carbocycles. The minimum atomic E-state index is 0.700. The number of rotatable bonds is 4. The van der Waals surface area contributed by atoms with Crippen LogP contribution in [0.4, 0.5) is 0 Å². The molecule has 0 spiro atoms. The van der Waals surface area contributed by atoms with E-state index in [9.17, 15) is 0 Å². The summed E-state index contributed by atoms with van der Waals surface area (Å²) in [5, 5.41) is 4.73. The molecular formula is C11H10N4OS. The maximum atomic E-state index is 5.59. The SMILES string of the molecule is c1ccc2oc(SCCn3cncn3)nc2c1. The molecule has 0 aliphatic rings. The Bertz CT molecular complexity index is 572. The average Bonchev–Trinajstić information content (AvgIpc) is 2.96. The minimum absolute atomic E-state index is 0.700. The highest BCUT2D eigenvalue weighted by Crippen LogP contribution is 2.22. The van der Waals surface area contributed by atoms with Crippen LogP contribution in [-0.2, 0) is 6.54 Å². The van der Waals surface area contributed by atoms with Crippen molar-refractivity contribution in [1.29, 1.82) is 0 Å². The number of para-hydroxylation sites is 2. The highest BCUT2D eigenvalue weighted by atomic mass is 32.2. The van der Waals surface area contributed by atoms with Gasteiger partial charge < -0.3 is 4.42 Å². The van der Waals surface area contributed by atoms with Gasteiger partial charge in [0, 0.05) is 5.75 Å². The van der Waals surface area contributed by atoms with Crippen LogP contribution in [0, 0.1) is 0 Å². The second-order valence-corrected chi connectivity index (χ2v) is 4.50. The summed E-state index contributed by atoms with van der Waals surface area (Å²) in [7, 11) is 0. The summed E-state index contributed by atoms with van der Waals surface area (Å²) in [6, 6.07) is 7.76. The molecule has 17 heavy (non-hydrogen) atoms. The molecule has 86 valence electrons. The number of hydrogen-bond donors (Lipinski definition) is 0. The van der Waals surface area contributed by atoms with Gasteiger partial charge in [0.15, 0.2) is 5.58 Å². The topological polar surface area (TPSA) is 56.7 Å². The van der Waals surface area contributed by atoms with Crippen LogP contribution in [0.25, 0.3) is 11.1 Å². The van der Waals surface area contributed by atoms with Crippen molar-refractivity contribution in [3.8, 4) is 0 Å². The first kappa shape index (κ1) is 10.3. The van der Waals surface area contributed by atoms with Gasteiger partial charge in [-0.05, 0) is 12.1 Å². The van der Waals surface area contributed by atoms with Gasteiger partial charge in [0.1, 0.15) is 18.2 Å². The molecule has 0 aliphatic carbocycles. The summed E-state index contributed by atoms with van der Waals surface area (Å²) in [5.74, 6) is 0.857. The van der Waals surface area contributed by atoms with Gasteiger partial charge >= 0.3 is 0 Å². The predicted octanol–water partition coefficient (Wildman–Crippen LogP) is 2.21. The second kappa shape index (κ2) is 4.58. The maximum absolute atomic E-state index is 5.59. The summed E-state index contributed by atoms with van der Waals surface area (Å²) in [4.78, 5) is 8.27. The molecule has 0 aliphatic heterocycles. The fourth-order valence-electron chi connectivity index (χ4n) is 1.49. The van der Waals surface area contributed by atoms with E-state index in [1.54, 1.807) is 22.8 Å². The lowest BCUT2D eigenvalue weighted by Crippen LogP contribution is -2.00. The molecule has 1 aromatic carbocycles. The van der Waals surface area contributed by atoms with Crippen molar-refractivity contribution in [2.24, 2.45) is 0 Å². The van der Waals surface area contributed by atoms with Crippen LogP contribution in [-0.4, -0.2) is 25.5 Å². The molecule has 3 rings (SSSR count). The molecule has 3 aromatic rings. The molecule has 0 N–H and O–H groups in total. The van der Waals surface area contributed by atoms with Gasteiger partial charge in [-0.3, -0.25) is 4.68 Å². The fraction of sp³-hybridized carbons (Fsp3) is 0.182. The molecule has 5 nitrogen and oxygen atoms in total.